The highest BCUT2D eigenvalue weighted by molar-refractivity contribution is 6.09. The number of benzene rings is 1. The van der Waals surface area contributed by atoms with E-state index in [0.717, 1.165) is 0 Å². The number of halogens is 1. The number of amides is 1. The van der Waals surface area contributed by atoms with Crippen LogP contribution in [0.15, 0.2) is 41.5 Å². The quantitative estimate of drug-likeness (QED) is 0.597. The predicted octanol–water partition coefficient (Wildman–Crippen LogP) is 1.64. The Hall–Kier alpha value is -2.92. The normalized spacial score (nSPS) is 13.4. The van der Waals surface area contributed by atoms with Crippen molar-refractivity contribution < 1.29 is 9.18 Å². The number of rotatable bonds is 1. The third-order valence-corrected chi connectivity index (χ3v) is 2.43. The van der Waals surface area contributed by atoms with Gasteiger partial charge in [-0.1, -0.05) is 0 Å². The predicted molar refractivity (Wildman–Crippen MR) is 60.8 cm³/mol. The van der Waals surface area contributed by atoms with Crippen molar-refractivity contribution in [3.63, 3.8) is 0 Å². The zero-order chi connectivity index (χ0) is 13.1. The highest BCUT2D eigenvalue weighted by atomic mass is 19.1. The monoisotopic (exact) mass is 239 g/mol. The first-order valence-corrected chi connectivity index (χ1v) is 4.99. The van der Waals surface area contributed by atoms with Crippen LogP contribution in [-0.4, -0.2) is 5.91 Å². The van der Waals surface area contributed by atoms with Gasteiger partial charge >= 0.3 is 0 Å². The topological polar surface area (TPSA) is 76.7 Å². The van der Waals surface area contributed by atoms with Crippen molar-refractivity contribution in [2.24, 2.45) is 0 Å². The molecule has 1 aliphatic heterocycles. The number of carbonyl (C=O) groups is 1. The van der Waals surface area contributed by atoms with Gasteiger partial charge in [0.1, 0.15) is 23.5 Å². The summed E-state index contributed by atoms with van der Waals surface area (Å²) in [7, 11) is 0. The second-order valence-corrected chi connectivity index (χ2v) is 3.53. The fourth-order valence-electron chi connectivity index (χ4n) is 1.55. The van der Waals surface area contributed by atoms with Crippen LogP contribution in [0.25, 0.3) is 5.70 Å². The molecule has 86 valence electrons. The van der Waals surface area contributed by atoms with Gasteiger partial charge in [0.25, 0.3) is 5.91 Å². The molecule has 1 N–H and O–H groups in total. The first-order valence-electron chi connectivity index (χ1n) is 4.99. The van der Waals surface area contributed by atoms with Gasteiger partial charge in [0.2, 0.25) is 0 Å². The van der Waals surface area contributed by atoms with E-state index >= 15 is 0 Å². The molecule has 4 nitrogen and oxygen atoms in total. The first-order chi connectivity index (χ1) is 8.65. The molecule has 0 atom stereocenters. The van der Waals surface area contributed by atoms with Crippen molar-refractivity contribution in [1.29, 1.82) is 10.5 Å². The molecule has 0 aliphatic carbocycles. The summed E-state index contributed by atoms with van der Waals surface area (Å²) in [5, 5.41) is 19.9. The third kappa shape index (κ3) is 1.98. The zero-order valence-corrected chi connectivity index (χ0v) is 9.07. The van der Waals surface area contributed by atoms with Crippen LogP contribution in [0.3, 0.4) is 0 Å². The Bertz CT molecular complexity index is 641. The molecule has 0 saturated carbocycles. The van der Waals surface area contributed by atoms with E-state index in [2.05, 4.69) is 5.32 Å². The fraction of sp³-hybridized carbons (Fsp3) is 0. The smallest absolute Gasteiger partial charge is 0.257 e. The van der Waals surface area contributed by atoms with Gasteiger partial charge in [-0.2, -0.15) is 10.5 Å². The van der Waals surface area contributed by atoms with Gasteiger partial charge in [0, 0.05) is 5.70 Å². The molecule has 0 bridgehead atoms. The molecule has 0 saturated heterocycles. The summed E-state index contributed by atoms with van der Waals surface area (Å²) in [4.78, 5) is 11.6. The number of nitriles is 2. The first kappa shape index (κ1) is 11.6. The van der Waals surface area contributed by atoms with Gasteiger partial charge < -0.3 is 5.32 Å². The van der Waals surface area contributed by atoms with Crippen molar-refractivity contribution in [2.75, 3.05) is 0 Å². The highest BCUT2D eigenvalue weighted by Crippen LogP contribution is 2.22. The molecule has 1 heterocycles. The second-order valence-electron chi connectivity index (χ2n) is 3.53. The van der Waals surface area contributed by atoms with Gasteiger partial charge in [-0.15, -0.1) is 0 Å². The molecule has 0 radical (unpaired) electrons. The lowest BCUT2D eigenvalue weighted by Crippen LogP contribution is -2.16. The Morgan fingerprint density at radius 1 is 1.17 bits per heavy atom. The van der Waals surface area contributed by atoms with Crippen molar-refractivity contribution in [3.8, 4) is 12.1 Å². The molecular formula is C13H6FN3O. The molecule has 0 fully saturated rings. The molecule has 0 unspecified atom stereocenters. The lowest BCUT2D eigenvalue weighted by Gasteiger charge is -2.01. The molecule has 2 rings (SSSR count). The number of nitrogens with zero attached hydrogens (tertiary/aromatic N) is 2. The minimum atomic E-state index is -0.507. The molecule has 0 spiro atoms. The summed E-state index contributed by atoms with van der Waals surface area (Å²) < 4.78 is 12.8. The molecule has 1 aromatic rings. The van der Waals surface area contributed by atoms with E-state index in [1.54, 1.807) is 12.1 Å². The molecule has 18 heavy (non-hydrogen) atoms. The number of nitrogens with one attached hydrogen (secondary N) is 1. The summed E-state index contributed by atoms with van der Waals surface area (Å²) in [6, 6.07) is 8.85. The molecule has 5 heteroatoms. The van der Waals surface area contributed by atoms with Gasteiger partial charge in [-0.25, -0.2) is 4.39 Å². The average molecular weight is 239 g/mol. The SMILES string of the molecule is N#CC(C#N)=C1C=C(c2ccc(F)cc2)NC1=O. The standard InChI is InChI=1S/C13H6FN3O/c14-10-3-1-8(2-4-10)12-5-11(13(18)17-12)9(6-15)7-16/h1-5H,(H,17,18). The fourth-order valence-corrected chi connectivity index (χ4v) is 1.55. The lowest BCUT2D eigenvalue weighted by atomic mass is 10.1. The minimum absolute atomic E-state index is 0.0272. The minimum Gasteiger partial charge on any atom is -0.321 e. The maximum atomic E-state index is 12.8. The summed E-state index contributed by atoms with van der Waals surface area (Å²) in [5.41, 5.74) is 0.830. The number of hydrogen-bond acceptors (Lipinski definition) is 3. The van der Waals surface area contributed by atoms with E-state index in [-0.39, 0.29) is 17.0 Å². The van der Waals surface area contributed by atoms with Crippen LogP contribution in [0.2, 0.25) is 0 Å². The van der Waals surface area contributed by atoms with Crippen LogP contribution in [0.5, 0.6) is 0 Å². The van der Waals surface area contributed by atoms with Crippen molar-refractivity contribution >= 4 is 11.6 Å². The molecule has 0 aromatic heterocycles. The van der Waals surface area contributed by atoms with E-state index in [0.29, 0.717) is 11.3 Å². The average Bonchev–Trinajstić information content (AvgIpc) is 2.74. The van der Waals surface area contributed by atoms with Crippen LogP contribution in [0.4, 0.5) is 4.39 Å². The maximum absolute atomic E-state index is 12.8. The van der Waals surface area contributed by atoms with Crippen molar-refractivity contribution in [1.82, 2.24) is 5.32 Å². The van der Waals surface area contributed by atoms with Crippen LogP contribution < -0.4 is 5.32 Å². The van der Waals surface area contributed by atoms with Crippen molar-refractivity contribution in [3.05, 3.63) is 52.9 Å². The molecule has 1 aromatic carbocycles. The molecule has 1 aliphatic rings. The summed E-state index contributed by atoms with van der Waals surface area (Å²) in [5.74, 6) is -0.887. The van der Waals surface area contributed by atoms with E-state index in [1.807, 2.05) is 0 Å². The molecular weight excluding hydrogens is 233 g/mol. The van der Waals surface area contributed by atoms with E-state index in [9.17, 15) is 9.18 Å². The van der Waals surface area contributed by atoms with E-state index in [1.165, 1.54) is 30.3 Å². The van der Waals surface area contributed by atoms with Crippen LogP contribution in [0, 0.1) is 28.5 Å². The van der Waals surface area contributed by atoms with E-state index in [4.69, 9.17) is 10.5 Å². The third-order valence-electron chi connectivity index (χ3n) is 2.43. The number of carbonyl (C=O) groups excluding carboxylic acids is 1. The zero-order valence-electron chi connectivity index (χ0n) is 9.07. The summed E-state index contributed by atoms with van der Waals surface area (Å²) in [6.45, 7) is 0. The Kier molecular flexibility index (Phi) is 2.90. The lowest BCUT2D eigenvalue weighted by molar-refractivity contribution is -0.115. The van der Waals surface area contributed by atoms with Gasteiger partial charge in [-0.3, -0.25) is 4.79 Å². The highest BCUT2D eigenvalue weighted by Gasteiger charge is 2.22. The maximum Gasteiger partial charge on any atom is 0.257 e. The van der Waals surface area contributed by atoms with Crippen LogP contribution in [-0.2, 0) is 4.79 Å². The van der Waals surface area contributed by atoms with E-state index < -0.39 is 5.91 Å². The van der Waals surface area contributed by atoms with Gasteiger partial charge in [0.05, 0.1) is 5.57 Å². The van der Waals surface area contributed by atoms with Crippen LogP contribution in [0.1, 0.15) is 5.56 Å². The van der Waals surface area contributed by atoms with Gasteiger partial charge in [-0.05, 0) is 35.9 Å². The number of allylic oxidation sites excluding steroid dienone is 1. The van der Waals surface area contributed by atoms with Crippen LogP contribution >= 0.6 is 0 Å². The Morgan fingerprint density at radius 2 is 1.78 bits per heavy atom. The summed E-state index contributed by atoms with van der Waals surface area (Å²) in [6.07, 6.45) is 1.41. The summed E-state index contributed by atoms with van der Waals surface area (Å²) >= 11 is 0. The van der Waals surface area contributed by atoms with Crippen molar-refractivity contribution in [2.45, 2.75) is 0 Å². The number of hydrogen-bond donors (Lipinski definition) is 1. The molecule has 1 amide bonds. The Labute approximate surface area is 102 Å². The second kappa shape index (κ2) is 4.52. The van der Waals surface area contributed by atoms with Gasteiger partial charge in [0.15, 0.2) is 0 Å². The largest absolute Gasteiger partial charge is 0.321 e. The Balaban J connectivity index is 2.46. The Morgan fingerprint density at radius 3 is 2.33 bits per heavy atom.